The van der Waals surface area contributed by atoms with E-state index in [0.717, 1.165) is 32.3 Å². The molecule has 4 aromatic rings. The van der Waals surface area contributed by atoms with E-state index in [1.165, 1.54) is 13.4 Å². The van der Waals surface area contributed by atoms with Gasteiger partial charge in [-0.15, -0.1) is 0 Å². The van der Waals surface area contributed by atoms with Gasteiger partial charge in [-0.2, -0.15) is 0 Å². The van der Waals surface area contributed by atoms with Gasteiger partial charge in [0.05, 0.1) is 30.9 Å². The topological polar surface area (TPSA) is 86.2 Å². The number of aromatic nitrogens is 3. The minimum absolute atomic E-state index is 0.296. The van der Waals surface area contributed by atoms with Crippen LogP contribution in [-0.2, 0) is 4.74 Å². The Bertz CT molecular complexity index is 1290. The fourth-order valence-electron chi connectivity index (χ4n) is 3.24. The number of carbonyl (C=O) groups is 1. The van der Waals surface area contributed by atoms with Crippen LogP contribution < -0.4 is 10.1 Å². The largest absolute Gasteiger partial charge is 0.497 e. The third kappa shape index (κ3) is 5.06. The first kappa shape index (κ1) is 22.5. The van der Waals surface area contributed by atoms with Gasteiger partial charge in [-0.3, -0.25) is 0 Å². The molecule has 0 saturated carbocycles. The highest BCUT2D eigenvalue weighted by Gasteiger charge is 2.14. The number of nitrogens with zero attached hydrogens (tertiary/aromatic N) is 3. The lowest BCUT2D eigenvalue weighted by molar-refractivity contribution is 0.0600. The molecule has 2 aromatic carbocycles. The van der Waals surface area contributed by atoms with E-state index >= 15 is 0 Å². The van der Waals surface area contributed by atoms with E-state index in [0.29, 0.717) is 22.9 Å². The Kier molecular flexibility index (Phi) is 6.74. The number of nitrogens with one attached hydrogen (secondary N) is 1. The second-order valence-electron chi connectivity index (χ2n) is 7.59. The van der Waals surface area contributed by atoms with Crippen LogP contribution in [0.3, 0.4) is 0 Å². The Hall–Kier alpha value is -3.65. The molecule has 0 bridgehead atoms. The predicted molar refractivity (Wildman–Crippen MR) is 130 cm³/mol. The van der Waals surface area contributed by atoms with Gasteiger partial charge < -0.3 is 14.8 Å². The van der Waals surface area contributed by atoms with Gasteiger partial charge in [0.1, 0.15) is 17.9 Å². The van der Waals surface area contributed by atoms with E-state index in [9.17, 15) is 4.79 Å². The van der Waals surface area contributed by atoms with Crippen molar-refractivity contribution >= 4 is 40.3 Å². The highest BCUT2D eigenvalue weighted by atomic mass is 32.2. The highest BCUT2D eigenvalue weighted by Crippen LogP contribution is 2.37. The van der Waals surface area contributed by atoms with Gasteiger partial charge in [-0.25, -0.2) is 19.7 Å². The number of carbonyl (C=O) groups excluding carboxylic acids is 1. The van der Waals surface area contributed by atoms with Crippen molar-refractivity contribution in [1.29, 1.82) is 0 Å². The van der Waals surface area contributed by atoms with E-state index in [1.54, 1.807) is 31.0 Å². The summed E-state index contributed by atoms with van der Waals surface area (Å²) in [6, 6.07) is 17.2. The van der Waals surface area contributed by atoms with Crippen LogP contribution in [0.4, 0.5) is 11.5 Å². The molecule has 0 amide bonds. The molecule has 168 valence electrons. The molecular formula is C25H24N4O3S. The summed E-state index contributed by atoms with van der Waals surface area (Å²) in [5.41, 5.74) is 2.76. The summed E-state index contributed by atoms with van der Waals surface area (Å²) >= 11 is 1.56. The van der Waals surface area contributed by atoms with Crippen molar-refractivity contribution in [2.24, 2.45) is 0 Å². The van der Waals surface area contributed by atoms with Crippen molar-refractivity contribution in [1.82, 2.24) is 15.0 Å². The molecule has 0 radical (unpaired) electrons. The zero-order chi connectivity index (χ0) is 23.4. The average molecular weight is 461 g/mol. The molecular weight excluding hydrogens is 436 g/mol. The van der Waals surface area contributed by atoms with Gasteiger partial charge in [0.25, 0.3) is 0 Å². The van der Waals surface area contributed by atoms with Crippen molar-refractivity contribution < 1.29 is 14.3 Å². The van der Waals surface area contributed by atoms with Crippen LogP contribution in [-0.4, -0.2) is 35.1 Å². The van der Waals surface area contributed by atoms with Gasteiger partial charge in [0.2, 0.25) is 0 Å². The lowest BCUT2D eigenvalue weighted by Gasteiger charge is -2.14. The zero-order valence-corrected chi connectivity index (χ0v) is 19.6. The third-order valence-corrected chi connectivity index (χ3v) is 6.13. The number of anilines is 2. The van der Waals surface area contributed by atoms with Crippen molar-refractivity contribution in [3.63, 3.8) is 0 Å². The molecule has 2 aromatic heterocycles. The molecule has 1 N–H and O–H groups in total. The van der Waals surface area contributed by atoms with Gasteiger partial charge in [-0.05, 0) is 60.5 Å². The third-order valence-electron chi connectivity index (χ3n) is 5.05. The number of ether oxygens (including phenoxy) is 2. The normalized spacial score (nSPS) is 10.9. The zero-order valence-electron chi connectivity index (χ0n) is 18.8. The lowest BCUT2D eigenvalue weighted by atomic mass is 10.1. The maximum absolute atomic E-state index is 12.2. The SMILES string of the molecule is COC(=O)c1ccc(Sc2ccc(OC)cc2)c(Nc2ncnc3nc(C(C)C)ccc23)c1. The number of hydrogen-bond acceptors (Lipinski definition) is 8. The van der Waals surface area contributed by atoms with E-state index in [-0.39, 0.29) is 0 Å². The molecule has 0 unspecified atom stereocenters. The molecule has 0 spiro atoms. The number of hydrogen-bond donors (Lipinski definition) is 1. The molecule has 0 fully saturated rings. The summed E-state index contributed by atoms with van der Waals surface area (Å²) in [7, 11) is 3.01. The van der Waals surface area contributed by atoms with Crippen molar-refractivity contribution in [3.8, 4) is 5.75 Å². The Balaban J connectivity index is 1.73. The Morgan fingerprint density at radius 2 is 1.79 bits per heavy atom. The minimum Gasteiger partial charge on any atom is -0.497 e. The summed E-state index contributed by atoms with van der Waals surface area (Å²) in [6.07, 6.45) is 1.49. The van der Waals surface area contributed by atoms with Crippen LogP contribution in [0.2, 0.25) is 0 Å². The van der Waals surface area contributed by atoms with Crippen molar-refractivity contribution in [3.05, 3.63) is 72.2 Å². The second kappa shape index (κ2) is 9.87. The predicted octanol–water partition coefficient (Wildman–Crippen LogP) is 5.84. The van der Waals surface area contributed by atoms with Crippen LogP contribution in [0.25, 0.3) is 11.0 Å². The summed E-state index contributed by atoms with van der Waals surface area (Å²) in [5.74, 6) is 1.29. The summed E-state index contributed by atoms with van der Waals surface area (Å²) in [4.78, 5) is 27.6. The fourth-order valence-corrected chi connectivity index (χ4v) is 4.12. The highest BCUT2D eigenvalue weighted by molar-refractivity contribution is 7.99. The first-order valence-electron chi connectivity index (χ1n) is 10.4. The van der Waals surface area contributed by atoms with Crippen molar-refractivity contribution in [2.75, 3.05) is 19.5 Å². The molecule has 0 aliphatic rings. The molecule has 0 atom stereocenters. The minimum atomic E-state index is -0.408. The molecule has 33 heavy (non-hydrogen) atoms. The number of esters is 1. The Morgan fingerprint density at radius 1 is 1.00 bits per heavy atom. The maximum Gasteiger partial charge on any atom is 0.337 e. The smallest absolute Gasteiger partial charge is 0.337 e. The number of rotatable bonds is 7. The Morgan fingerprint density at radius 3 is 2.48 bits per heavy atom. The first-order chi connectivity index (χ1) is 16.0. The van der Waals surface area contributed by atoms with Crippen LogP contribution in [0, 0.1) is 0 Å². The molecule has 2 heterocycles. The first-order valence-corrected chi connectivity index (χ1v) is 11.2. The van der Waals surface area contributed by atoms with Crippen LogP contribution >= 0.6 is 11.8 Å². The monoisotopic (exact) mass is 460 g/mol. The average Bonchev–Trinajstić information content (AvgIpc) is 2.84. The summed E-state index contributed by atoms with van der Waals surface area (Å²) < 4.78 is 10.2. The maximum atomic E-state index is 12.2. The molecule has 7 nitrogen and oxygen atoms in total. The second-order valence-corrected chi connectivity index (χ2v) is 8.70. The number of methoxy groups -OCH3 is 2. The lowest BCUT2D eigenvalue weighted by Crippen LogP contribution is -2.04. The summed E-state index contributed by atoms with van der Waals surface area (Å²) in [6.45, 7) is 4.19. The van der Waals surface area contributed by atoms with Crippen LogP contribution in [0.5, 0.6) is 5.75 Å². The Labute approximate surface area is 196 Å². The van der Waals surface area contributed by atoms with E-state index in [1.807, 2.05) is 42.5 Å². The molecule has 8 heteroatoms. The van der Waals surface area contributed by atoms with Crippen molar-refractivity contribution in [2.45, 2.75) is 29.6 Å². The van der Waals surface area contributed by atoms with E-state index < -0.39 is 5.97 Å². The molecule has 0 aliphatic heterocycles. The number of benzene rings is 2. The van der Waals surface area contributed by atoms with Gasteiger partial charge in [-0.1, -0.05) is 25.6 Å². The molecule has 4 rings (SSSR count). The van der Waals surface area contributed by atoms with E-state index in [2.05, 4.69) is 34.1 Å². The van der Waals surface area contributed by atoms with Crippen LogP contribution in [0.1, 0.15) is 35.8 Å². The number of fused-ring (bicyclic) bond motifs is 1. The standard InChI is InChI=1S/C25H24N4O3S/c1-15(2)20-11-10-19-23(28-20)26-14-27-24(19)29-21-13-16(25(30)32-4)5-12-22(21)33-18-8-6-17(31-3)7-9-18/h5-15H,1-4H3,(H,26,27,28,29). The van der Waals surface area contributed by atoms with E-state index in [4.69, 9.17) is 9.47 Å². The summed E-state index contributed by atoms with van der Waals surface area (Å²) in [5, 5.41) is 4.18. The fraction of sp³-hybridized carbons (Fsp3) is 0.200. The van der Waals surface area contributed by atoms with Gasteiger partial charge in [0, 0.05) is 15.5 Å². The van der Waals surface area contributed by atoms with Gasteiger partial charge >= 0.3 is 5.97 Å². The molecule has 0 aliphatic carbocycles. The van der Waals surface area contributed by atoms with Gasteiger partial charge in [0.15, 0.2) is 5.65 Å². The quantitative estimate of drug-likeness (QED) is 0.344. The number of pyridine rings is 1. The molecule has 0 saturated heterocycles. The van der Waals surface area contributed by atoms with Crippen LogP contribution in [0.15, 0.2) is 70.7 Å².